The van der Waals surface area contributed by atoms with Crippen molar-refractivity contribution in [1.29, 1.82) is 0 Å². The van der Waals surface area contributed by atoms with E-state index in [1.54, 1.807) is 17.0 Å². The summed E-state index contributed by atoms with van der Waals surface area (Å²) in [7, 11) is 0. The number of hydrogen-bond acceptors (Lipinski definition) is 3. The molecule has 2 amide bonds. The van der Waals surface area contributed by atoms with Crippen LogP contribution in [0.1, 0.15) is 34.5 Å². The minimum Gasteiger partial charge on any atom is -0.459 e. The summed E-state index contributed by atoms with van der Waals surface area (Å²) in [6.07, 6.45) is 4.02. The Kier molecular flexibility index (Phi) is 5.85. The molecule has 0 atom stereocenters. The molecule has 1 fully saturated rings. The number of likely N-dealkylation sites (tertiary alicyclic amines) is 1. The summed E-state index contributed by atoms with van der Waals surface area (Å²) in [5, 5.41) is 5.42. The van der Waals surface area contributed by atoms with Crippen LogP contribution in [0.15, 0.2) is 47.1 Å². The highest BCUT2D eigenvalue weighted by Crippen LogP contribution is 2.08. The van der Waals surface area contributed by atoms with E-state index in [0.717, 1.165) is 12.1 Å². The Labute approximate surface area is 147 Å². The molecule has 1 aliphatic rings. The van der Waals surface area contributed by atoms with E-state index in [-0.39, 0.29) is 18.2 Å². The van der Waals surface area contributed by atoms with E-state index in [0.29, 0.717) is 6.54 Å². The van der Waals surface area contributed by atoms with Crippen LogP contribution in [0.4, 0.5) is 0 Å². The molecule has 0 saturated carbocycles. The van der Waals surface area contributed by atoms with E-state index < -0.39 is 5.91 Å². The summed E-state index contributed by atoms with van der Waals surface area (Å²) in [4.78, 5) is 25.3. The Morgan fingerprint density at radius 1 is 1.00 bits per heavy atom. The largest absolute Gasteiger partial charge is 0.459 e. The van der Waals surface area contributed by atoms with Gasteiger partial charge in [0.2, 0.25) is 5.91 Å². The molecule has 6 nitrogen and oxygen atoms in total. The van der Waals surface area contributed by atoms with Gasteiger partial charge in [-0.3, -0.25) is 9.59 Å². The third-order valence-corrected chi connectivity index (χ3v) is 4.50. The van der Waals surface area contributed by atoms with Crippen molar-refractivity contribution in [2.75, 3.05) is 19.6 Å². The normalized spacial score (nSPS) is 14.4. The summed E-state index contributed by atoms with van der Waals surface area (Å²) in [5.41, 5.74) is 2.41. The van der Waals surface area contributed by atoms with Crippen molar-refractivity contribution in [3.63, 3.8) is 0 Å². The van der Waals surface area contributed by atoms with E-state index in [1.807, 2.05) is 18.2 Å². The summed E-state index contributed by atoms with van der Waals surface area (Å²) in [6, 6.07) is 11.4. The summed E-state index contributed by atoms with van der Waals surface area (Å²) < 4.78 is 4.99. The first-order chi connectivity index (χ1) is 12.2. The van der Waals surface area contributed by atoms with Gasteiger partial charge in [-0.15, -0.1) is 0 Å². The number of carbonyl (C=O) groups is 2. The van der Waals surface area contributed by atoms with E-state index in [4.69, 9.17) is 4.42 Å². The fourth-order valence-corrected chi connectivity index (χ4v) is 3.14. The van der Waals surface area contributed by atoms with Crippen LogP contribution in [0.5, 0.6) is 0 Å². The van der Waals surface area contributed by atoms with E-state index in [1.165, 1.54) is 37.8 Å². The van der Waals surface area contributed by atoms with Crippen LogP contribution >= 0.6 is 0 Å². The molecule has 3 rings (SSSR count). The molecule has 6 heteroatoms. The van der Waals surface area contributed by atoms with Gasteiger partial charge in [-0.1, -0.05) is 24.3 Å². The minimum atomic E-state index is -0.391. The second-order valence-electron chi connectivity index (χ2n) is 6.34. The van der Waals surface area contributed by atoms with Crippen molar-refractivity contribution >= 4 is 11.8 Å². The molecule has 1 saturated heterocycles. The first kappa shape index (κ1) is 17.2. The molecule has 0 spiro atoms. The highest BCUT2D eigenvalue weighted by atomic mass is 16.3. The van der Waals surface area contributed by atoms with Crippen LogP contribution in [0.25, 0.3) is 0 Å². The van der Waals surface area contributed by atoms with Gasteiger partial charge in [0.25, 0.3) is 5.91 Å². The monoisotopic (exact) mass is 342 g/mol. The van der Waals surface area contributed by atoms with Crippen molar-refractivity contribution in [2.24, 2.45) is 0 Å². The predicted molar refractivity (Wildman–Crippen MR) is 93.0 cm³/mol. The van der Waals surface area contributed by atoms with E-state index >= 15 is 0 Å². The fraction of sp³-hybridized carbons (Fsp3) is 0.368. The van der Waals surface area contributed by atoms with Gasteiger partial charge >= 0.3 is 0 Å². The SMILES string of the molecule is O=C(CNC(=O)c1ccco1)NCc1ccccc1C[NH+]1CCCC1. The fourth-order valence-electron chi connectivity index (χ4n) is 3.14. The van der Waals surface area contributed by atoms with Crippen molar-refractivity contribution in [1.82, 2.24) is 10.6 Å². The lowest BCUT2D eigenvalue weighted by Gasteiger charge is -2.15. The Balaban J connectivity index is 1.47. The molecule has 132 valence electrons. The Morgan fingerprint density at radius 3 is 2.48 bits per heavy atom. The second-order valence-corrected chi connectivity index (χ2v) is 6.34. The average molecular weight is 342 g/mol. The maximum absolute atomic E-state index is 12.0. The molecule has 0 radical (unpaired) electrons. The van der Waals surface area contributed by atoms with Crippen LogP contribution in [-0.2, 0) is 17.9 Å². The molecule has 2 heterocycles. The van der Waals surface area contributed by atoms with Crippen LogP contribution in [-0.4, -0.2) is 31.4 Å². The predicted octanol–water partition coefficient (Wildman–Crippen LogP) is 0.504. The standard InChI is InChI=1S/C19H23N3O3/c23-18(13-21-19(24)17-8-5-11-25-17)20-12-15-6-1-2-7-16(15)14-22-9-3-4-10-22/h1-2,5-8,11H,3-4,9-10,12-14H2,(H,20,23)(H,21,24)/p+1. The van der Waals surface area contributed by atoms with Crippen LogP contribution in [0, 0.1) is 0 Å². The maximum atomic E-state index is 12.0. The Bertz CT molecular complexity index is 706. The Morgan fingerprint density at radius 2 is 1.76 bits per heavy atom. The molecule has 0 bridgehead atoms. The molecule has 1 aliphatic heterocycles. The smallest absolute Gasteiger partial charge is 0.287 e. The quantitative estimate of drug-likeness (QED) is 0.686. The Hall–Kier alpha value is -2.60. The molecular formula is C19H24N3O3+. The molecule has 1 aromatic heterocycles. The van der Waals surface area contributed by atoms with Gasteiger partial charge < -0.3 is 20.0 Å². The lowest BCUT2D eigenvalue weighted by atomic mass is 10.1. The molecule has 1 aromatic carbocycles. The van der Waals surface area contributed by atoms with Gasteiger partial charge in [-0.05, 0) is 17.7 Å². The zero-order chi connectivity index (χ0) is 17.5. The molecule has 0 aliphatic carbocycles. The zero-order valence-electron chi connectivity index (χ0n) is 14.2. The zero-order valence-corrected chi connectivity index (χ0v) is 14.2. The number of quaternary nitrogens is 1. The van der Waals surface area contributed by atoms with Gasteiger partial charge in [0.15, 0.2) is 5.76 Å². The third kappa shape index (κ3) is 4.93. The van der Waals surface area contributed by atoms with Crippen molar-refractivity contribution in [3.8, 4) is 0 Å². The van der Waals surface area contributed by atoms with E-state index in [2.05, 4.69) is 16.7 Å². The topological polar surface area (TPSA) is 75.8 Å². The first-order valence-corrected chi connectivity index (χ1v) is 8.71. The van der Waals surface area contributed by atoms with Gasteiger partial charge in [0, 0.05) is 24.9 Å². The van der Waals surface area contributed by atoms with Crippen LogP contribution in [0.3, 0.4) is 0 Å². The van der Waals surface area contributed by atoms with Crippen LogP contribution < -0.4 is 15.5 Å². The first-order valence-electron chi connectivity index (χ1n) is 8.71. The van der Waals surface area contributed by atoms with Gasteiger partial charge in [0.05, 0.1) is 25.9 Å². The number of nitrogens with one attached hydrogen (secondary N) is 3. The van der Waals surface area contributed by atoms with Crippen molar-refractivity contribution < 1.29 is 18.9 Å². The minimum absolute atomic E-state index is 0.0704. The van der Waals surface area contributed by atoms with Gasteiger partial charge in [-0.2, -0.15) is 0 Å². The molecule has 2 aromatic rings. The summed E-state index contributed by atoms with van der Waals surface area (Å²) in [5.74, 6) is -0.409. The van der Waals surface area contributed by atoms with E-state index in [9.17, 15) is 9.59 Å². The van der Waals surface area contributed by atoms with Crippen molar-refractivity contribution in [3.05, 3.63) is 59.5 Å². The van der Waals surface area contributed by atoms with Crippen molar-refractivity contribution in [2.45, 2.75) is 25.9 Å². The summed E-state index contributed by atoms with van der Waals surface area (Å²) in [6.45, 7) is 3.85. The molecule has 0 unspecified atom stereocenters. The number of hydrogen-bond donors (Lipinski definition) is 3. The second kappa shape index (κ2) is 8.48. The number of benzene rings is 1. The number of furan rings is 1. The number of rotatable bonds is 7. The van der Waals surface area contributed by atoms with Gasteiger partial charge in [-0.25, -0.2) is 0 Å². The lowest BCUT2D eigenvalue weighted by Crippen LogP contribution is -3.08. The molecule has 25 heavy (non-hydrogen) atoms. The highest BCUT2D eigenvalue weighted by Gasteiger charge is 2.17. The highest BCUT2D eigenvalue weighted by molar-refractivity contribution is 5.94. The number of amides is 2. The average Bonchev–Trinajstić information content (AvgIpc) is 3.32. The lowest BCUT2D eigenvalue weighted by molar-refractivity contribution is -0.901. The molecule has 3 N–H and O–H groups in total. The van der Waals surface area contributed by atoms with Crippen LogP contribution in [0.2, 0.25) is 0 Å². The summed E-state index contributed by atoms with van der Waals surface area (Å²) >= 11 is 0. The number of carbonyl (C=O) groups excluding carboxylic acids is 2. The third-order valence-electron chi connectivity index (χ3n) is 4.50. The van der Waals surface area contributed by atoms with Gasteiger partial charge in [0.1, 0.15) is 6.54 Å². The maximum Gasteiger partial charge on any atom is 0.287 e. The molecular weight excluding hydrogens is 318 g/mol.